The topological polar surface area (TPSA) is 47.0 Å². The van der Waals surface area contributed by atoms with E-state index < -0.39 is 0 Å². The molecule has 0 aliphatic heterocycles. The third kappa shape index (κ3) is 4.24. The van der Waals surface area contributed by atoms with Crippen LogP contribution in [0, 0.1) is 13.8 Å². The van der Waals surface area contributed by atoms with E-state index in [0.717, 1.165) is 34.3 Å². The van der Waals surface area contributed by atoms with Gasteiger partial charge in [0.15, 0.2) is 0 Å². The van der Waals surface area contributed by atoms with Gasteiger partial charge in [0.05, 0.1) is 12.8 Å². The summed E-state index contributed by atoms with van der Waals surface area (Å²) in [6, 6.07) is 18.0. The molecule has 0 radical (unpaired) electrons. The zero-order valence-corrected chi connectivity index (χ0v) is 14.7. The summed E-state index contributed by atoms with van der Waals surface area (Å²) in [5.41, 5.74) is 4.14. The van der Waals surface area contributed by atoms with Gasteiger partial charge in [-0.1, -0.05) is 35.9 Å². The van der Waals surface area contributed by atoms with Crippen LogP contribution in [0.2, 0.25) is 0 Å². The second-order valence-electron chi connectivity index (χ2n) is 5.41. The molecule has 0 unspecified atom stereocenters. The standard InChI is InChI=1S/C19H19N3O.ClH/c1-13-7-9-15(10-8-13)18-12-19(21-14(2)20-18)22-16-5-4-6-17(11-16)23-3;/h4-12H,1-3H3,(H,20,21,22);1H. The van der Waals surface area contributed by atoms with Crippen molar-refractivity contribution in [2.45, 2.75) is 13.8 Å². The minimum absolute atomic E-state index is 0. The van der Waals surface area contributed by atoms with E-state index in [-0.39, 0.29) is 12.4 Å². The van der Waals surface area contributed by atoms with Crippen LogP contribution in [0.4, 0.5) is 11.5 Å². The van der Waals surface area contributed by atoms with Crippen molar-refractivity contribution in [1.82, 2.24) is 9.97 Å². The molecule has 0 bridgehead atoms. The van der Waals surface area contributed by atoms with Crippen LogP contribution in [0.15, 0.2) is 54.6 Å². The summed E-state index contributed by atoms with van der Waals surface area (Å²) in [7, 11) is 1.66. The highest BCUT2D eigenvalue weighted by Crippen LogP contribution is 2.24. The molecule has 124 valence electrons. The summed E-state index contributed by atoms with van der Waals surface area (Å²) in [4.78, 5) is 9.00. The third-order valence-electron chi connectivity index (χ3n) is 3.53. The SMILES string of the molecule is COc1cccc(Nc2cc(-c3ccc(C)cc3)nc(C)n2)c1.Cl. The number of aryl methyl sites for hydroxylation is 2. The summed E-state index contributed by atoms with van der Waals surface area (Å²) in [5.74, 6) is 2.30. The number of aromatic nitrogens is 2. The number of hydrogen-bond acceptors (Lipinski definition) is 4. The van der Waals surface area contributed by atoms with Gasteiger partial charge >= 0.3 is 0 Å². The van der Waals surface area contributed by atoms with E-state index in [9.17, 15) is 0 Å². The van der Waals surface area contributed by atoms with Crippen LogP contribution in [0.1, 0.15) is 11.4 Å². The minimum Gasteiger partial charge on any atom is -0.497 e. The Labute approximate surface area is 148 Å². The van der Waals surface area contributed by atoms with Gasteiger partial charge < -0.3 is 10.1 Å². The molecule has 0 spiro atoms. The summed E-state index contributed by atoms with van der Waals surface area (Å²) >= 11 is 0. The molecule has 3 aromatic rings. The van der Waals surface area contributed by atoms with Crippen molar-refractivity contribution < 1.29 is 4.74 Å². The number of halogens is 1. The molecule has 0 atom stereocenters. The quantitative estimate of drug-likeness (QED) is 0.730. The molecule has 0 amide bonds. The molecular formula is C19H20ClN3O. The van der Waals surface area contributed by atoms with Crippen molar-refractivity contribution in [3.05, 3.63) is 66.0 Å². The van der Waals surface area contributed by atoms with Crippen LogP contribution in [0.3, 0.4) is 0 Å². The molecule has 0 aliphatic carbocycles. The molecule has 1 N–H and O–H groups in total. The van der Waals surface area contributed by atoms with Gasteiger partial charge in [-0.15, -0.1) is 12.4 Å². The van der Waals surface area contributed by atoms with Gasteiger partial charge in [0.25, 0.3) is 0 Å². The first kappa shape index (κ1) is 17.8. The van der Waals surface area contributed by atoms with E-state index in [0.29, 0.717) is 0 Å². The van der Waals surface area contributed by atoms with Gasteiger partial charge in [-0.2, -0.15) is 0 Å². The van der Waals surface area contributed by atoms with E-state index in [1.165, 1.54) is 5.56 Å². The van der Waals surface area contributed by atoms with Gasteiger partial charge in [0, 0.05) is 23.4 Å². The summed E-state index contributed by atoms with van der Waals surface area (Å²) < 4.78 is 5.25. The van der Waals surface area contributed by atoms with Crippen LogP contribution in [0.5, 0.6) is 5.75 Å². The molecular weight excluding hydrogens is 322 g/mol. The Morgan fingerprint density at radius 1 is 0.917 bits per heavy atom. The number of methoxy groups -OCH3 is 1. The first-order valence-corrected chi connectivity index (χ1v) is 7.48. The zero-order valence-electron chi connectivity index (χ0n) is 13.9. The van der Waals surface area contributed by atoms with Crippen LogP contribution >= 0.6 is 12.4 Å². The maximum Gasteiger partial charge on any atom is 0.134 e. The number of ether oxygens (including phenoxy) is 1. The number of hydrogen-bond donors (Lipinski definition) is 1. The van der Waals surface area contributed by atoms with Gasteiger partial charge in [-0.3, -0.25) is 0 Å². The van der Waals surface area contributed by atoms with E-state index >= 15 is 0 Å². The molecule has 24 heavy (non-hydrogen) atoms. The molecule has 3 rings (SSSR count). The molecule has 0 saturated heterocycles. The summed E-state index contributed by atoms with van der Waals surface area (Å²) in [6.07, 6.45) is 0. The number of benzene rings is 2. The molecule has 0 saturated carbocycles. The Balaban J connectivity index is 0.00000208. The second-order valence-corrected chi connectivity index (χ2v) is 5.41. The predicted octanol–water partition coefficient (Wildman–Crippen LogP) is 4.93. The Hall–Kier alpha value is -2.59. The molecule has 0 aliphatic rings. The summed E-state index contributed by atoms with van der Waals surface area (Å²) in [6.45, 7) is 3.97. The number of nitrogens with one attached hydrogen (secondary N) is 1. The minimum atomic E-state index is 0. The average Bonchev–Trinajstić information content (AvgIpc) is 2.55. The zero-order chi connectivity index (χ0) is 16.2. The molecule has 1 heterocycles. The average molecular weight is 342 g/mol. The van der Waals surface area contributed by atoms with Gasteiger partial charge in [-0.05, 0) is 26.0 Å². The fourth-order valence-corrected chi connectivity index (χ4v) is 2.35. The fraction of sp³-hybridized carbons (Fsp3) is 0.158. The van der Waals surface area contributed by atoms with E-state index in [1.807, 2.05) is 37.3 Å². The van der Waals surface area contributed by atoms with Crippen molar-refractivity contribution in [3.63, 3.8) is 0 Å². The van der Waals surface area contributed by atoms with Crippen molar-refractivity contribution in [1.29, 1.82) is 0 Å². The highest BCUT2D eigenvalue weighted by molar-refractivity contribution is 5.85. The van der Waals surface area contributed by atoms with Crippen molar-refractivity contribution in [2.24, 2.45) is 0 Å². The number of nitrogens with zero attached hydrogens (tertiary/aromatic N) is 2. The van der Waals surface area contributed by atoms with Crippen molar-refractivity contribution >= 4 is 23.9 Å². The molecule has 1 aromatic heterocycles. The van der Waals surface area contributed by atoms with E-state index in [2.05, 4.69) is 46.5 Å². The Morgan fingerprint density at radius 3 is 2.38 bits per heavy atom. The van der Waals surface area contributed by atoms with Crippen LogP contribution in [-0.2, 0) is 0 Å². The molecule has 0 fully saturated rings. The predicted molar refractivity (Wildman–Crippen MR) is 100 cm³/mol. The van der Waals surface area contributed by atoms with Crippen LogP contribution in [-0.4, -0.2) is 17.1 Å². The number of anilines is 2. The molecule has 2 aromatic carbocycles. The molecule has 4 nitrogen and oxygen atoms in total. The molecule has 5 heteroatoms. The Morgan fingerprint density at radius 2 is 1.67 bits per heavy atom. The number of rotatable bonds is 4. The largest absolute Gasteiger partial charge is 0.497 e. The lowest BCUT2D eigenvalue weighted by molar-refractivity contribution is 0.415. The summed E-state index contributed by atoms with van der Waals surface area (Å²) in [5, 5.41) is 3.31. The van der Waals surface area contributed by atoms with Gasteiger partial charge in [0.1, 0.15) is 17.4 Å². The Kier molecular flexibility index (Phi) is 5.77. The second kappa shape index (κ2) is 7.79. The fourth-order valence-electron chi connectivity index (χ4n) is 2.35. The van der Waals surface area contributed by atoms with Gasteiger partial charge in [-0.25, -0.2) is 9.97 Å². The van der Waals surface area contributed by atoms with E-state index in [4.69, 9.17) is 4.74 Å². The Bertz CT molecular complexity index is 819. The third-order valence-corrected chi connectivity index (χ3v) is 3.53. The maximum absolute atomic E-state index is 5.25. The van der Waals surface area contributed by atoms with Crippen molar-refractivity contribution in [3.8, 4) is 17.0 Å². The van der Waals surface area contributed by atoms with Crippen LogP contribution < -0.4 is 10.1 Å². The lowest BCUT2D eigenvalue weighted by Crippen LogP contribution is -1.99. The normalized spacial score (nSPS) is 9.96. The highest BCUT2D eigenvalue weighted by Gasteiger charge is 2.05. The lowest BCUT2D eigenvalue weighted by atomic mass is 10.1. The first-order valence-electron chi connectivity index (χ1n) is 7.48. The van der Waals surface area contributed by atoms with Gasteiger partial charge in [0.2, 0.25) is 0 Å². The highest BCUT2D eigenvalue weighted by atomic mass is 35.5. The lowest BCUT2D eigenvalue weighted by Gasteiger charge is -2.10. The van der Waals surface area contributed by atoms with Crippen LogP contribution in [0.25, 0.3) is 11.3 Å². The van der Waals surface area contributed by atoms with Crippen molar-refractivity contribution in [2.75, 3.05) is 12.4 Å². The first-order chi connectivity index (χ1) is 11.1. The monoisotopic (exact) mass is 341 g/mol. The van der Waals surface area contributed by atoms with E-state index in [1.54, 1.807) is 7.11 Å². The maximum atomic E-state index is 5.25. The smallest absolute Gasteiger partial charge is 0.134 e.